The van der Waals surface area contributed by atoms with Crippen molar-refractivity contribution >= 4 is 45.5 Å². The highest BCUT2D eigenvalue weighted by Gasteiger charge is 2.13. The molecule has 0 aliphatic heterocycles. The lowest BCUT2D eigenvalue weighted by atomic mass is 10.2. The van der Waals surface area contributed by atoms with Crippen LogP contribution in [-0.4, -0.2) is 47.9 Å². The summed E-state index contributed by atoms with van der Waals surface area (Å²) in [4.78, 5) is 16.2. The number of aromatic nitrogens is 2. The Morgan fingerprint density at radius 2 is 1.76 bits per heavy atom. The van der Waals surface area contributed by atoms with Crippen LogP contribution in [0.5, 0.6) is 0 Å². The lowest BCUT2D eigenvalue weighted by Gasteiger charge is -2.18. The van der Waals surface area contributed by atoms with Crippen molar-refractivity contribution in [2.75, 3.05) is 37.1 Å². The average molecular weight is 432 g/mol. The van der Waals surface area contributed by atoms with E-state index in [0.29, 0.717) is 16.0 Å². The molecular formula is C20H22FN5OS2. The number of rotatable bonds is 8. The van der Waals surface area contributed by atoms with Gasteiger partial charge in [-0.25, -0.2) is 4.39 Å². The van der Waals surface area contributed by atoms with Crippen LogP contribution in [0.25, 0.3) is 0 Å². The summed E-state index contributed by atoms with van der Waals surface area (Å²) in [5.41, 5.74) is 2.94. The SMILES string of the molecule is CN(Cc1ccc(N(C)C)cc1)C(=O)CSc1nnc(Nc2ccc(F)cc2)s1. The largest absolute Gasteiger partial charge is 0.378 e. The summed E-state index contributed by atoms with van der Waals surface area (Å²) in [6, 6.07) is 14.2. The highest BCUT2D eigenvalue weighted by atomic mass is 32.2. The number of anilines is 3. The number of carbonyl (C=O) groups excluding carboxylic acids is 1. The third-order valence-corrected chi connectivity index (χ3v) is 6.08. The molecule has 2 aromatic carbocycles. The fourth-order valence-corrected chi connectivity index (χ4v) is 4.18. The van der Waals surface area contributed by atoms with Crippen LogP contribution in [0.15, 0.2) is 52.9 Å². The van der Waals surface area contributed by atoms with Gasteiger partial charge in [0.2, 0.25) is 11.0 Å². The van der Waals surface area contributed by atoms with Crippen LogP contribution < -0.4 is 10.2 Å². The Balaban J connectivity index is 1.48. The van der Waals surface area contributed by atoms with Gasteiger partial charge in [0.15, 0.2) is 4.34 Å². The topological polar surface area (TPSA) is 61.4 Å². The third-order valence-electron chi connectivity index (χ3n) is 4.12. The zero-order valence-corrected chi connectivity index (χ0v) is 18.1. The molecule has 0 radical (unpaired) electrons. The van der Waals surface area contributed by atoms with Crippen molar-refractivity contribution in [2.45, 2.75) is 10.9 Å². The second kappa shape index (κ2) is 9.71. The molecule has 0 saturated heterocycles. The van der Waals surface area contributed by atoms with Crippen molar-refractivity contribution in [3.63, 3.8) is 0 Å². The molecule has 3 rings (SSSR count). The summed E-state index contributed by atoms with van der Waals surface area (Å²) in [5, 5.41) is 11.8. The highest BCUT2D eigenvalue weighted by Crippen LogP contribution is 2.28. The van der Waals surface area contributed by atoms with E-state index in [1.165, 1.54) is 35.2 Å². The number of hydrogen-bond acceptors (Lipinski definition) is 7. The molecule has 1 amide bonds. The second-order valence-electron chi connectivity index (χ2n) is 6.60. The molecule has 9 heteroatoms. The van der Waals surface area contributed by atoms with Crippen LogP contribution in [0.1, 0.15) is 5.56 Å². The van der Waals surface area contributed by atoms with E-state index >= 15 is 0 Å². The van der Waals surface area contributed by atoms with Crippen molar-refractivity contribution in [2.24, 2.45) is 0 Å². The average Bonchev–Trinajstić information content (AvgIpc) is 3.15. The zero-order chi connectivity index (χ0) is 20.8. The number of hydrogen-bond donors (Lipinski definition) is 1. The summed E-state index contributed by atoms with van der Waals surface area (Å²) in [5.74, 6) is 0.0209. The van der Waals surface area contributed by atoms with Gasteiger partial charge in [-0.05, 0) is 42.0 Å². The molecule has 6 nitrogen and oxygen atoms in total. The Labute approximate surface area is 177 Å². The van der Waals surface area contributed by atoms with Crippen molar-refractivity contribution in [3.8, 4) is 0 Å². The van der Waals surface area contributed by atoms with Gasteiger partial charge in [-0.1, -0.05) is 35.2 Å². The van der Waals surface area contributed by atoms with Gasteiger partial charge in [0, 0.05) is 39.1 Å². The highest BCUT2D eigenvalue weighted by molar-refractivity contribution is 8.01. The normalized spacial score (nSPS) is 10.6. The van der Waals surface area contributed by atoms with Gasteiger partial charge in [0.1, 0.15) is 5.82 Å². The Morgan fingerprint density at radius 1 is 1.07 bits per heavy atom. The van der Waals surface area contributed by atoms with Gasteiger partial charge in [-0.3, -0.25) is 4.79 Å². The molecule has 29 heavy (non-hydrogen) atoms. The van der Waals surface area contributed by atoms with Crippen molar-refractivity contribution in [3.05, 3.63) is 59.9 Å². The molecule has 0 saturated carbocycles. The van der Waals surface area contributed by atoms with Crippen LogP contribution in [0.3, 0.4) is 0 Å². The number of halogens is 1. The van der Waals surface area contributed by atoms with Crippen molar-refractivity contribution < 1.29 is 9.18 Å². The van der Waals surface area contributed by atoms with E-state index in [9.17, 15) is 9.18 Å². The Hall–Kier alpha value is -2.65. The lowest BCUT2D eigenvalue weighted by molar-refractivity contribution is -0.127. The monoisotopic (exact) mass is 431 g/mol. The van der Waals surface area contributed by atoms with Crippen molar-refractivity contribution in [1.29, 1.82) is 0 Å². The first-order valence-corrected chi connectivity index (χ1v) is 10.7. The van der Waals surface area contributed by atoms with Gasteiger partial charge in [-0.15, -0.1) is 10.2 Å². The Morgan fingerprint density at radius 3 is 2.41 bits per heavy atom. The van der Waals surface area contributed by atoms with Gasteiger partial charge < -0.3 is 15.1 Å². The minimum absolute atomic E-state index is 0.0231. The van der Waals surface area contributed by atoms with Crippen LogP contribution in [-0.2, 0) is 11.3 Å². The second-order valence-corrected chi connectivity index (χ2v) is 8.80. The first-order valence-electron chi connectivity index (χ1n) is 8.90. The van der Waals surface area contributed by atoms with Crippen molar-refractivity contribution in [1.82, 2.24) is 15.1 Å². The Kier molecular flexibility index (Phi) is 7.05. The number of thioether (sulfide) groups is 1. The predicted octanol–water partition coefficient (Wildman–Crippen LogP) is 4.24. The summed E-state index contributed by atoms with van der Waals surface area (Å²) >= 11 is 2.71. The molecule has 1 heterocycles. The first-order chi connectivity index (χ1) is 13.9. The molecule has 0 bridgehead atoms. The van der Waals surface area contributed by atoms with E-state index in [4.69, 9.17) is 0 Å². The minimum Gasteiger partial charge on any atom is -0.378 e. The van der Waals surface area contributed by atoms with E-state index in [1.54, 1.807) is 24.1 Å². The summed E-state index contributed by atoms with van der Waals surface area (Å²) in [7, 11) is 5.79. The molecule has 0 aliphatic carbocycles. The maximum Gasteiger partial charge on any atom is 0.233 e. The Bertz CT molecular complexity index is 944. The smallest absolute Gasteiger partial charge is 0.233 e. The van der Waals surface area contributed by atoms with Gasteiger partial charge in [-0.2, -0.15) is 0 Å². The van der Waals surface area contributed by atoms with E-state index in [1.807, 2.05) is 43.3 Å². The maximum atomic E-state index is 13.0. The van der Waals surface area contributed by atoms with E-state index in [2.05, 4.69) is 15.5 Å². The quantitative estimate of drug-likeness (QED) is 0.539. The number of carbonyl (C=O) groups is 1. The summed E-state index contributed by atoms with van der Waals surface area (Å²) in [6.07, 6.45) is 0. The molecule has 0 spiro atoms. The maximum absolute atomic E-state index is 13.0. The summed E-state index contributed by atoms with van der Waals surface area (Å²) < 4.78 is 13.7. The number of amides is 1. The molecular weight excluding hydrogens is 409 g/mol. The van der Waals surface area contributed by atoms with Crippen LogP contribution in [0, 0.1) is 5.82 Å². The molecule has 0 atom stereocenters. The zero-order valence-electron chi connectivity index (χ0n) is 16.4. The molecule has 0 unspecified atom stereocenters. The number of benzene rings is 2. The van der Waals surface area contributed by atoms with Crippen LogP contribution >= 0.6 is 23.1 Å². The lowest BCUT2D eigenvalue weighted by Crippen LogP contribution is -2.27. The van der Waals surface area contributed by atoms with E-state index < -0.39 is 0 Å². The fourth-order valence-electron chi connectivity index (χ4n) is 2.47. The van der Waals surface area contributed by atoms with Gasteiger partial charge >= 0.3 is 0 Å². The molecule has 3 aromatic rings. The number of nitrogens with one attached hydrogen (secondary N) is 1. The standard InChI is InChI=1S/C20H22FN5OS2/c1-25(2)17-10-4-14(5-11-17)12-26(3)18(27)13-28-20-24-23-19(29-20)22-16-8-6-15(21)7-9-16/h4-11H,12-13H2,1-3H3,(H,22,23). The molecule has 0 fully saturated rings. The third kappa shape index (κ3) is 6.16. The van der Waals surface area contributed by atoms with E-state index in [-0.39, 0.29) is 17.5 Å². The van der Waals surface area contributed by atoms with Gasteiger partial charge in [0.25, 0.3) is 0 Å². The fraction of sp³-hybridized carbons (Fsp3) is 0.250. The summed E-state index contributed by atoms with van der Waals surface area (Å²) in [6.45, 7) is 0.556. The number of nitrogens with zero attached hydrogens (tertiary/aromatic N) is 4. The first kappa shape index (κ1) is 21.1. The van der Waals surface area contributed by atoms with E-state index in [0.717, 1.165) is 16.9 Å². The molecule has 0 aliphatic rings. The molecule has 1 aromatic heterocycles. The molecule has 1 N–H and O–H groups in total. The van der Waals surface area contributed by atoms with Crippen LogP contribution in [0.2, 0.25) is 0 Å². The minimum atomic E-state index is -0.291. The molecule has 152 valence electrons. The predicted molar refractivity (Wildman–Crippen MR) is 118 cm³/mol. The van der Waals surface area contributed by atoms with Gasteiger partial charge in [0.05, 0.1) is 5.75 Å². The van der Waals surface area contributed by atoms with Crippen LogP contribution in [0.4, 0.5) is 20.9 Å².